The molecule has 2 aliphatic rings. The quantitative estimate of drug-likeness (QED) is 0.629. The average molecular weight is 438 g/mol. The lowest BCUT2D eigenvalue weighted by Gasteiger charge is -2.35. The third-order valence-electron chi connectivity index (χ3n) is 5.12. The smallest absolute Gasteiger partial charge is 0.341 e. The molecule has 1 aliphatic carbocycles. The largest absolute Gasteiger partial charge is 0.477 e. The van der Waals surface area contributed by atoms with Crippen LogP contribution in [0.2, 0.25) is 0 Å². The van der Waals surface area contributed by atoms with Gasteiger partial charge in [-0.3, -0.25) is 4.79 Å². The van der Waals surface area contributed by atoms with Crippen LogP contribution in [0.1, 0.15) is 23.2 Å². The molecular weight excluding hydrogens is 418 g/mol. The van der Waals surface area contributed by atoms with Gasteiger partial charge in [0.2, 0.25) is 5.95 Å². The molecule has 1 aromatic heterocycles. The molecule has 0 radical (unpaired) electrons. The zero-order valence-electron chi connectivity index (χ0n) is 16.5. The highest BCUT2D eigenvalue weighted by molar-refractivity contribution is 6.34. The Morgan fingerprint density at radius 2 is 2.06 bits per heavy atom. The standard InChI is InChI=1S/C22H20ClN5O3/c23-18-6-7-19(29)15-10-14(28(12-17(15)18)13-4-2-1-3-5-13)8-9-25-20-16(21(30)31)11-26-22(24)27-20/h1-6,10-12,14H,7-9H2,(H,30,31)(H3,24,25,26,27). The maximum absolute atomic E-state index is 12.5. The number of carboxylic acids is 1. The molecule has 2 aromatic rings. The molecule has 0 spiro atoms. The van der Waals surface area contributed by atoms with E-state index in [1.165, 1.54) is 6.20 Å². The lowest BCUT2D eigenvalue weighted by molar-refractivity contribution is -0.114. The Bertz CT molecular complexity index is 1130. The number of ketones is 1. The number of benzene rings is 1. The minimum Gasteiger partial charge on any atom is -0.477 e. The lowest BCUT2D eigenvalue weighted by atomic mass is 9.89. The molecule has 8 nitrogen and oxygen atoms in total. The molecule has 4 N–H and O–H groups in total. The van der Waals surface area contributed by atoms with Gasteiger partial charge >= 0.3 is 5.97 Å². The Morgan fingerprint density at radius 1 is 1.29 bits per heavy atom. The van der Waals surface area contributed by atoms with Gasteiger partial charge in [0.25, 0.3) is 0 Å². The van der Waals surface area contributed by atoms with Gasteiger partial charge < -0.3 is 21.1 Å². The molecule has 0 fully saturated rings. The molecule has 0 saturated heterocycles. The summed E-state index contributed by atoms with van der Waals surface area (Å²) in [6, 6.07) is 9.62. The topological polar surface area (TPSA) is 121 Å². The fraction of sp³-hybridized carbons (Fsp3) is 0.182. The Labute approximate surface area is 183 Å². The number of para-hydroxylation sites is 1. The fourth-order valence-electron chi connectivity index (χ4n) is 3.62. The minimum atomic E-state index is -1.14. The normalized spacial score (nSPS) is 18.0. The summed E-state index contributed by atoms with van der Waals surface area (Å²) in [4.78, 5) is 33.7. The van der Waals surface area contributed by atoms with E-state index in [0.717, 1.165) is 5.69 Å². The molecule has 0 amide bonds. The van der Waals surface area contributed by atoms with Crippen molar-refractivity contribution in [3.8, 4) is 0 Å². The number of allylic oxidation sites excluding steroid dienone is 4. The predicted octanol–water partition coefficient (Wildman–Crippen LogP) is 3.35. The molecule has 0 bridgehead atoms. The third kappa shape index (κ3) is 4.29. The van der Waals surface area contributed by atoms with Crippen LogP contribution in [0.15, 0.2) is 71.1 Å². The van der Waals surface area contributed by atoms with E-state index in [4.69, 9.17) is 17.3 Å². The summed E-state index contributed by atoms with van der Waals surface area (Å²) in [6.07, 6.45) is 7.58. The molecule has 31 heavy (non-hydrogen) atoms. The summed E-state index contributed by atoms with van der Waals surface area (Å²) < 4.78 is 0. The molecule has 4 rings (SSSR count). The number of hydrogen-bond donors (Lipinski definition) is 3. The first-order valence-electron chi connectivity index (χ1n) is 9.70. The summed E-state index contributed by atoms with van der Waals surface area (Å²) in [7, 11) is 0. The summed E-state index contributed by atoms with van der Waals surface area (Å²) in [6.45, 7) is 0.398. The highest BCUT2D eigenvalue weighted by atomic mass is 35.5. The van der Waals surface area contributed by atoms with E-state index in [9.17, 15) is 14.7 Å². The van der Waals surface area contributed by atoms with Crippen LogP contribution in [-0.2, 0) is 4.79 Å². The van der Waals surface area contributed by atoms with Crippen LogP contribution in [0, 0.1) is 0 Å². The second-order valence-electron chi connectivity index (χ2n) is 7.12. The first-order chi connectivity index (χ1) is 14.9. The Kier molecular flexibility index (Phi) is 5.73. The van der Waals surface area contributed by atoms with Crippen LogP contribution in [0.4, 0.5) is 17.5 Å². The Hall–Kier alpha value is -3.65. The van der Waals surface area contributed by atoms with Crippen LogP contribution in [0.5, 0.6) is 0 Å². The zero-order chi connectivity index (χ0) is 22.0. The predicted molar refractivity (Wildman–Crippen MR) is 119 cm³/mol. The number of Topliss-reactive ketones (excluding diaryl/α,β-unsaturated/α-hetero) is 1. The summed E-state index contributed by atoms with van der Waals surface area (Å²) in [5.74, 6) is -0.973. The van der Waals surface area contributed by atoms with Gasteiger partial charge in [-0.15, -0.1) is 0 Å². The number of aromatic nitrogens is 2. The number of nitrogens with one attached hydrogen (secondary N) is 1. The number of nitrogens with zero attached hydrogens (tertiary/aromatic N) is 3. The number of fused-ring (bicyclic) bond motifs is 1. The van der Waals surface area contributed by atoms with Crippen molar-refractivity contribution in [2.75, 3.05) is 22.5 Å². The Balaban J connectivity index is 1.59. The van der Waals surface area contributed by atoms with Crippen molar-refractivity contribution in [1.29, 1.82) is 0 Å². The monoisotopic (exact) mass is 437 g/mol. The van der Waals surface area contributed by atoms with Crippen LogP contribution < -0.4 is 16.0 Å². The van der Waals surface area contributed by atoms with Crippen molar-refractivity contribution in [2.24, 2.45) is 0 Å². The number of nitrogen functional groups attached to an aromatic ring is 1. The number of carbonyl (C=O) groups excluding carboxylic acids is 1. The van der Waals surface area contributed by atoms with E-state index in [2.05, 4.69) is 20.2 Å². The summed E-state index contributed by atoms with van der Waals surface area (Å²) in [5, 5.41) is 12.9. The van der Waals surface area contributed by atoms with E-state index in [0.29, 0.717) is 29.1 Å². The van der Waals surface area contributed by atoms with Gasteiger partial charge in [0.05, 0.1) is 6.04 Å². The fourth-order valence-corrected chi connectivity index (χ4v) is 3.84. The number of carboxylic acid groups (broad SMARTS) is 1. The van der Waals surface area contributed by atoms with Crippen LogP contribution in [-0.4, -0.2) is 39.4 Å². The van der Waals surface area contributed by atoms with Crippen LogP contribution in [0.25, 0.3) is 0 Å². The van der Waals surface area contributed by atoms with Crippen LogP contribution in [0.3, 0.4) is 0 Å². The van der Waals surface area contributed by atoms with Gasteiger partial charge in [0, 0.05) is 47.2 Å². The van der Waals surface area contributed by atoms with E-state index >= 15 is 0 Å². The second kappa shape index (κ2) is 8.61. The first-order valence-corrected chi connectivity index (χ1v) is 10.1. The van der Waals surface area contributed by atoms with E-state index in [1.54, 1.807) is 6.08 Å². The van der Waals surface area contributed by atoms with Crippen LogP contribution >= 0.6 is 11.6 Å². The third-order valence-corrected chi connectivity index (χ3v) is 5.48. The first kappa shape index (κ1) is 20.6. The van der Waals surface area contributed by atoms with Crippen molar-refractivity contribution in [2.45, 2.75) is 18.9 Å². The molecule has 1 atom stereocenters. The summed E-state index contributed by atoms with van der Waals surface area (Å²) >= 11 is 6.38. The van der Waals surface area contributed by atoms with Gasteiger partial charge in [-0.1, -0.05) is 42.0 Å². The second-order valence-corrected chi connectivity index (χ2v) is 7.53. The highest BCUT2D eigenvalue weighted by Gasteiger charge is 2.29. The number of hydrogen-bond acceptors (Lipinski definition) is 7. The molecule has 9 heteroatoms. The van der Waals surface area contributed by atoms with Crippen molar-refractivity contribution in [3.63, 3.8) is 0 Å². The van der Waals surface area contributed by atoms with Gasteiger partial charge in [-0.2, -0.15) is 4.98 Å². The zero-order valence-corrected chi connectivity index (χ0v) is 17.2. The minimum absolute atomic E-state index is 0.0139. The van der Waals surface area contributed by atoms with Gasteiger partial charge in [-0.25, -0.2) is 9.78 Å². The number of aromatic carboxylic acids is 1. The van der Waals surface area contributed by atoms with Crippen molar-refractivity contribution in [1.82, 2.24) is 9.97 Å². The Morgan fingerprint density at radius 3 is 2.81 bits per heavy atom. The molecule has 1 aromatic carbocycles. The summed E-state index contributed by atoms with van der Waals surface area (Å²) in [5.41, 5.74) is 7.83. The van der Waals surface area contributed by atoms with Gasteiger partial charge in [0.1, 0.15) is 11.4 Å². The lowest BCUT2D eigenvalue weighted by Crippen LogP contribution is -2.36. The number of rotatable bonds is 6. The number of halogens is 1. The number of carbonyl (C=O) groups is 2. The van der Waals surface area contributed by atoms with E-state index < -0.39 is 5.97 Å². The number of nitrogens with two attached hydrogens (primary N) is 1. The highest BCUT2D eigenvalue weighted by Crippen LogP contribution is 2.36. The van der Waals surface area contributed by atoms with Crippen molar-refractivity contribution < 1.29 is 14.7 Å². The molecule has 2 heterocycles. The number of anilines is 3. The molecular formula is C22H20ClN5O3. The van der Waals surface area contributed by atoms with E-state index in [-0.39, 0.29) is 35.6 Å². The molecule has 1 aliphatic heterocycles. The molecule has 0 saturated carbocycles. The van der Waals surface area contributed by atoms with Crippen molar-refractivity contribution >= 4 is 40.8 Å². The SMILES string of the molecule is Nc1ncc(C(=O)O)c(NCCC2C=C3C(=O)CC=C(Cl)C3=CN2c2ccccc2)n1. The van der Waals surface area contributed by atoms with Gasteiger partial charge in [-0.05, 0) is 18.6 Å². The van der Waals surface area contributed by atoms with E-state index in [1.807, 2.05) is 42.6 Å². The maximum Gasteiger partial charge on any atom is 0.341 e. The van der Waals surface area contributed by atoms with Gasteiger partial charge in [0.15, 0.2) is 5.78 Å². The maximum atomic E-state index is 12.5. The average Bonchev–Trinajstić information content (AvgIpc) is 2.76. The van der Waals surface area contributed by atoms with Crippen molar-refractivity contribution in [3.05, 3.63) is 76.6 Å². The molecule has 158 valence electrons. The molecule has 1 unspecified atom stereocenters.